The van der Waals surface area contributed by atoms with E-state index in [1.165, 1.54) is 60.9 Å². The molecule has 0 heterocycles. The number of ether oxygens (including phenoxy) is 1. The Balaban J connectivity index is 1.26. The maximum Gasteiger partial charge on any atom is 0.190 e. The Labute approximate surface area is 203 Å². The fourth-order valence-corrected chi connectivity index (χ4v) is 5.43. The van der Waals surface area contributed by atoms with E-state index < -0.39 is 11.6 Å². The van der Waals surface area contributed by atoms with Crippen LogP contribution in [0.15, 0.2) is 66.7 Å². The van der Waals surface area contributed by atoms with Crippen molar-refractivity contribution in [1.29, 1.82) is 0 Å². The molecule has 0 aromatic heterocycles. The van der Waals surface area contributed by atoms with Crippen molar-refractivity contribution in [3.63, 3.8) is 0 Å². The molecule has 180 valence electrons. The van der Waals surface area contributed by atoms with Gasteiger partial charge < -0.3 is 4.74 Å². The van der Waals surface area contributed by atoms with E-state index in [4.69, 9.17) is 4.74 Å². The van der Waals surface area contributed by atoms with Crippen LogP contribution in [0.25, 0.3) is 0 Å². The minimum absolute atomic E-state index is 0.244. The van der Waals surface area contributed by atoms with Gasteiger partial charge in [-0.25, -0.2) is 8.78 Å². The van der Waals surface area contributed by atoms with Crippen LogP contribution in [0.3, 0.4) is 0 Å². The van der Waals surface area contributed by atoms with Crippen LogP contribution in [0, 0.1) is 17.6 Å². The standard InChI is InChI=1S/C31H36F2O/c1-3-34-31-29(32)20-25(21-30(31)33)10-9-23-11-15-27(16-12-23)28-17-13-24(14-18-28)19-22(2)26-7-5-4-6-8-26/h4-8,11-12,15-16,20-22,24,28H,3,9-10,13-14,17-19H2,1-2H3/t22-,24?,28?/m0/s1. The number of benzene rings is 3. The summed E-state index contributed by atoms with van der Waals surface area (Å²) in [6.45, 7) is 4.32. The lowest BCUT2D eigenvalue weighted by molar-refractivity contribution is 0.297. The molecule has 0 spiro atoms. The van der Waals surface area contributed by atoms with Gasteiger partial charge in [0.25, 0.3) is 0 Å². The minimum atomic E-state index is -0.624. The average Bonchev–Trinajstić information content (AvgIpc) is 2.86. The third kappa shape index (κ3) is 6.25. The summed E-state index contributed by atoms with van der Waals surface area (Å²) >= 11 is 0. The van der Waals surface area contributed by atoms with E-state index in [1.807, 2.05) is 0 Å². The van der Waals surface area contributed by atoms with E-state index in [0.29, 0.717) is 23.8 Å². The molecule has 1 fully saturated rings. The number of aryl methyl sites for hydroxylation is 2. The summed E-state index contributed by atoms with van der Waals surface area (Å²) in [5, 5.41) is 0. The number of halogens is 2. The zero-order valence-electron chi connectivity index (χ0n) is 20.4. The van der Waals surface area contributed by atoms with Gasteiger partial charge in [-0.1, -0.05) is 61.5 Å². The summed E-state index contributed by atoms with van der Waals surface area (Å²) in [5.41, 5.74) is 4.74. The van der Waals surface area contributed by atoms with E-state index in [2.05, 4.69) is 61.5 Å². The molecular formula is C31H36F2O. The molecule has 1 nitrogen and oxygen atoms in total. The van der Waals surface area contributed by atoms with Crippen molar-refractivity contribution in [3.8, 4) is 5.75 Å². The van der Waals surface area contributed by atoms with Gasteiger partial charge in [0.05, 0.1) is 6.61 Å². The molecule has 4 rings (SSSR count). The predicted molar refractivity (Wildman–Crippen MR) is 136 cm³/mol. The Kier molecular flexibility index (Phi) is 8.37. The second-order valence-corrected chi connectivity index (χ2v) is 9.83. The fraction of sp³-hybridized carbons (Fsp3) is 0.419. The smallest absolute Gasteiger partial charge is 0.190 e. The molecule has 34 heavy (non-hydrogen) atoms. The minimum Gasteiger partial charge on any atom is -0.488 e. The average molecular weight is 463 g/mol. The highest BCUT2D eigenvalue weighted by atomic mass is 19.1. The van der Waals surface area contributed by atoms with Gasteiger partial charge in [-0.05, 0) is 104 Å². The summed E-state index contributed by atoms with van der Waals surface area (Å²) in [6.07, 6.45) is 7.77. The molecule has 1 aliphatic rings. The molecule has 0 radical (unpaired) electrons. The van der Waals surface area contributed by atoms with Crippen molar-refractivity contribution in [2.24, 2.45) is 5.92 Å². The molecule has 1 aliphatic carbocycles. The highest BCUT2D eigenvalue weighted by Gasteiger charge is 2.24. The normalized spacial score (nSPS) is 19.1. The topological polar surface area (TPSA) is 9.23 Å². The Morgan fingerprint density at radius 3 is 2.06 bits per heavy atom. The van der Waals surface area contributed by atoms with Crippen LogP contribution in [0.2, 0.25) is 0 Å². The number of hydrogen-bond acceptors (Lipinski definition) is 1. The van der Waals surface area contributed by atoms with E-state index in [1.54, 1.807) is 6.92 Å². The summed E-state index contributed by atoms with van der Waals surface area (Å²) in [5.74, 6) is 0.563. The van der Waals surface area contributed by atoms with E-state index in [0.717, 1.165) is 12.3 Å². The van der Waals surface area contributed by atoms with Crippen molar-refractivity contribution in [3.05, 3.63) is 101 Å². The van der Waals surface area contributed by atoms with Gasteiger partial charge in [0, 0.05) is 0 Å². The highest BCUT2D eigenvalue weighted by Crippen LogP contribution is 2.39. The lowest BCUT2D eigenvalue weighted by Gasteiger charge is -2.30. The van der Waals surface area contributed by atoms with Gasteiger partial charge in [-0.15, -0.1) is 0 Å². The lowest BCUT2D eigenvalue weighted by atomic mass is 9.75. The zero-order valence-corrected chi connectivity index (χ0v) is 20.4. The first-order valence-electron chi connectivity index (χ1n) is 12.8. The van der Waals surface area contributed by atoms with Crippen molar-refractivity contribution in [2.45, 2.75) is 70.6 Å². The number of rotatable bonds is 9. The van der Waals surface area contributed by atoms with Gasteiger partial charge in [0.1, 0.15) is 0 Å². The van der Waals surface area contributed by atoms with Crippen LogP contribution in [-0.2, 0) is 12.8 Å². The third-order valence-electron chi connectivity index (χ3n) is 7.40. The molecule has 0 unspecified atom stereocenters. The zero-order chi connectivity index (χ0) is 23.9. The Morgan fingerprint density at radius 2 is 1.44 bits per heavy atom. The highest BCUT2D eigenvalue weighted by molar-refractivity contribution is 5.32. The first kappa shape index (κ1) is 24.4. The maximum atomic E-state index is 14.1. The van der Waals surface area contributed by atoms with Crippen LogP contribution in [0.4, 0.5) is 8.78 Å². The summed E-state index contributed by atoms with van der Waals surface area (Å²) in [6, 6.07) is 22.5. The molecule has 0 amide bonds. The first-order chi connectivity index (χ1) is 16.5. The van der Waals surface area contributed by atoms with E-state index in [-0.39, 0.29) is 12.4 Å². The van der Waals surface area contributed by atoms with Crippen LogP contribution < -0.4 is 4.74 Å². The predicted octanol–water partition coefficient (Wildman–Crippen LogP) is 8.62. The van der Waals surface area contributed by atoms with Gasteiger partial charge in [0.2, 0.25) is 0 Å². The fourth-order valence-electron chi connectivity index (χ4n) is 5.43. The molecule has 0 saturated heterocycles. The van der Waals surface area contributed by atoms with E-state index in [9.17, 15) is 8.78 Å². The lowest BCUT2D eigenvalue weighted by Crippen LogP contribution is -2.15. The van der Waals surface area contributed by atoms with Crippen LogP contribution in [0.1, 0.15) is 80.0 Å². The summed E-state index contributed by atoms with van der Waals surface area (Å²) < 4.78 is 33.3. The molecule has 1 atom stereocenters. The van der Waals surface area contributed by atoms with Crippen LogP contribution in [0.5, 0.6) is 5.75 Å². The molecule has 3 aromatic rings. The molecule has 0 N–H and O–H groups in total. The first-order valence-corrected chi connectivity index (χ1v) is 12.8. The number of hydrogen-bond donors (Lipinski definition) is 0. The molecule has 1 saturated carbocycles. The molecular weight excluding hydrogens is 426 g/mol. The monoisotopic (exact) mass is 462 g/mol. The van der Waals surface area contributed by atoms with Crippen LogP contribution >= 0.6 is 0 Å². The largest absolute Gasteiger partial charge is 0.488 e. The summed E-state index contributed by atoms with van der Waals surface area (Å²) in [7, 11) is 0. The quantitative estimate of drug-likeness (QED) is 0.309. The third-order valence-corrected chi connectivity index (χ3v) is 7.40. The second-order valence-electron chi connectivity index (χ2n) is 9.83. The SMILES string of the molecule is CCOc1c(F)cc(CCc2ccc(C3CCC(C[C@H](C)c4ccccc4)CC3)cc2)cc1F. The molecule has 3 aromatic carbocycles. The Bertz CT molecular complexity index is 1010. The molecule has 0 aliphatic heterocycles. The van der Waals surface area contributed by atoms with Crippen molar-refractivity contribution < 1.29 is 13.5 Å². The van der Waals surface area contributed by atoms with Gasteiger partial charge in [0.15, 0.2) is 17.4 Å². The molecule has 3 heteroatoms. The van der Waals surface area contributed by atoms with Gasteiger partial charge in [-0.3, -0.25) is 0 Å². The van der Waals surface area contributed by atoms with E-state index >= 15 is 0 Å². The van der Waals surface area contributed by atoms with Gasteiger partial charge in [-0.2, -0.15) is 0 Å². The Morgan fingerprint density at radius 1 is 0.824 bits per heavy atom. The second kappa shape index (κ2) is 11.6. The van der Waals surface area contributed by atoms with Crippen molar-refractivity contribution >= 4 is 0 Å². The maximum absolute atomic E-state index is 14.1. The van der Waals surface area contributed by atoms with Crippen LogP contribution in [-0.4, -0.2) is 6.61 Å². The molecule has 0 bridgehead atoms. The van der Waals surface area contributed by atoms with Crippen molar-refractivity contribution in [2.75, 3.05) is 6.61 Å². The Hall–Kier alpha value is -2.68. The van der Waals surface area contributed by atoms with Gasteiger partial charge >= 0.3 is 0 Å². The summed E-state index contributed by atoms with van der Waals surface area (Å²) in [4.78, 5) is 0. The van der Waals surface area contributed by atoms with Crippen molar-refractivity contribution in [1.82, 2.24) is 0 Å².